The summed E-state index contributed by atoms with van der Waals surface area (Å²) in [5, 5.41) is 0. The second-order valence-electron chi connectivity index (χ2n) is 3.92. The minimum absolute atomic E-state index is 1.20. The molecule has 0 fully saturated rings. The maximum absolute atomic E-state index is 2.69. The first-order chi connectivity index (χ1) is 6.60. The molecular formula is C10H25LiN2Si. The summed E-state index contributed by atoms with van der Waals surface area (Å²) in [6.45, 7) is 16.4. The van der Waals surface area contributed by atoms with Crippen LogP contribution in [0.2, 0.25) is 11.3 Å². The van der Waals surface area contributed by atoms with Crippen molar-refractivity contribution in [1.29, 1.82) is 0 Å². The number of hydrogen-bond acceptors (Lipinski definition) is 2. The first-order valence-corrected chi connectivity index (χ1v) is 8.70. The molecule has 0 aromatic carbocycles. The van der Waals surface area contributed by atoms with Crippen LogP contribution in [-0.4, -0.2) is 61.4 Å². The molecule has 0 saturated carbocycles. The van der Waals surface area contributed by atoms with Crippen LogP contribution in [0.5, 0.6) is 0 Å². The van der Waals surface area contributed by atoms with Gasteiger partial charge in [0.2, 0.25) is 0 Å². The molecule has 0 rings (SSSR count). The number of rotatable bonds is 7. The third kappa shape index (κ3) is 3.11. The van der Waals surface area contributed by atoms with E-state index >= 15 is 0 Å². The van der Waals surface area contributed by atoms with Gasteiger partial charge in [-0.2, -0.15) is 0 Å². The maximum atomic E-state index is 2.69. The van der Waals surface area contributed by atoms with Crippen LogP contribution in [0, 0.1) is 0 Å². The average molecular weight is 208 g/mol. The van der Waals surface area contributed by atoms with Crippen molar-refractivity contribution in [2.24, 2.45) is 0 Å². The van der Waals surface area contributed by atoms with Crippen LogP contribution in [-0.2, 0) is 0 Å². The van der Waals surface area contributed by atoms with Gasteiger partial charge in [-0.05, 0) is 0 Å². The molecule has 4 heteroatoms. The summed E-state index contributed by atoms with van der Waals surface area (Å²) < 4.78 is 6.72. The molecule has 0 saturated heterocycles. The molecule has 0 aliphatic heterocycles. The van der Waals surface area contributed by atoms with Gasteiger partial charge >= 0.3 is 100 Å². The van der Waals surface area contributed by atoms with Crippen LogP contribution in [0.3, 0.4) is 0 Å². The fourth-order valence-electron chi connectivity index (χ4n) is 2.46. The van der Waals surface area contributed by atoms with E-state index in [0.29, 0.717) is 0 Å². The van der Waals surface area contributed by atoms with Crippen LogP contribution >= 0.6 is 0 Å². The molecule has 0 unspecified atom stereocenters. The molecule has 0 spiro atoms. The average Bonchev–Trinajstić information content (AvgIpc) is 2.21. The van der Waals surface area contributed by atoms with E-state index in [0.717, 1.165) is 0 Å². The van der Waals surface area contributed by atoms with Gasteiger partial charge in [0.15, 0.2) is 0 Å². The Balaban J connectivity index is 4.72. The molecule has 0 N–H and O–H groups in total. The van der Waals surface area contributed by atoms with Crippen LogP contribution in [0.1, 0.15) is 27.7 Å². The molecule has 80 valence electrons. The summed E-state index contributed by atoms with van der Waals surface area (Å²) >= 11 is 2.35. The Morgan fingerprint density at radius 1 is 0.857 bits per heavy atom. The van der Waals surface area contributed by atoms with Gasteiger partial charge in [0.05, 0.1) is 0 Å². The zero-order chi connectivity index (χ0) is 11.2. The minimum atomic E-state index is -1.32. The van der Waals surface area contributed by atoms with E-state index < -0.39 is 8.40 Å². The molecule has 0 bridgehead atoms. The Labute approximate surface area is 100 Å². The fourth-order valence-corrected chi connectivity index (χ4v) is 6.48. The van der Waals surface area contributed by atoms with Gasteiger partial charge in [-0.3, -0.25) is 0 Å². The van der Waals surface area contributed by atoms with Gasteiger partial charge in [-0.25, -0.2) is 0 Å². The Bertz CT molecular complexity index is 135. The number of nitrogens with zero attached hydrogens (tertiary/aromatic N) is 2. The number of hydrogen-bond donors (Lipinski definition) is 0. The van der Waals surface area contributed by atoms with E-state index in [9.17, 15) is 0 Å². The summed E-state index contributed by atoms with van der Waals surface area (Å²) in [6.07, 6.45) is 0. The van der Waals surface area contributed by atoms with Gasteiger partial charge in [-0.15, -0.1) is 0 Å². The molecule has 0 aromatic heterocycles. The van der Waals surface area contributed by atoms with Crippen LogP contribution in [0.15, 0.2) is 0 Å². The second kappa shape index (κ2) is 7.08. The predicted octanol–water partition coefficient (Wildman–Crippen LogP) is 1.87. The van der Waals surface area contributed by atoms with Gasteiger partial charge in [-0.1, -0.05) is 0 Å². The molecule has 0 heterocycles. The summed E-state index contributed by atoms with van der Waals surface area (Å²) in [7, 11) is -1.32. The standard InChI is InChI=1S/C10H25N2Si.Li/c1-7-11(8-2)13(5,6)12(9-3)10-4;/h5,7-10H2,1-4,6H3;. The Kier molecular flexibility index (Phi) is 7.45. The molecule has 0 aromatic rings. The third-order valence-corrected chi connectivity index (χ3v) is 8.89. The Morgan fingerprint density at radius 3 is 1.29 bits per heavy atom. The van der Waals surface area contributed by atoms with E-state index in [1.807, 2.05) is 0 Å². The Morgan fingerprint density at radius 2 is 1.14 bits per heavy atom. The fraction of sp³-hybridized carbons (Fsp3) is 1.00. The van der Waals surface area contributed by atoms with Crippen molar-refractivity contribution >= 4 is 26.1 Å². The van der Waals surface area contributed by atoms with E-state index in [1.165, 1.54) is 30.9 Å². The second-order valence-corrected chi connectivity index (χ2v) is 8.32. The monoisotopic (exact) mass is 208 g/mol. The van der Waals surface area contributed by atoms with Crippen molar-refractivity contribution in [3.05, 3.63) is 0 Å². The van der Waals surface area contributed by atoms with Crippen LogP contribution < -0.4 is 0 Å². The molecule has 0 amide bonds. The van der Waals surface area contributed by atoms with Crippen molar-refractivity contribution < 1.29 is 0 Å². The van der Waals surface area contributed by atoms with Crippen molar-refractivity contribution in [2.45, 2.75) is 39.0 Å². The van der Waals surface area contributed by atoms with E-state index in [-0.39, 0.29) is 0 Å². The molecule has 0 atom stereocenters. The molecule has 2 nitrogen and oxygen atoms in total. The van der Waals surface area contributed by atoms with Crippen molar-refractivity contribution in [3.8, 4) is 0 Å². The topological polar surface area (TPSA) is 6.48 Å². The first kappa shape index (κ1) is 14.7. The molecule has 14 heavy (non-hydrogen) atoms. The molecule has 0 aliphatic carbocycles. The normalized spacial score (nSPS) is 12.9. The SMILES string of the molecule is [Li][CH2][Si](C)(N(CC)CC)N(CC)CC. The Hall–Kier alpha value is 0.734. The summed E-state index contributed by atoms with van der Waals surface area (Å²) in [5.41, 5.74) is 0. The third-order valence-electron chi connectivity index (χ3n) is 3.56. The molecule has 0 radical (unpaired) electrons. The molecule has 0 aliphatic rings. The van der Waals surface area contributed by atoms with Gasteiger partial charge in [0.25, 0.3) is 0 Å². The van der Waals surface area contributed by atoms with E-state index in [1.54, 1.807) is 0 Å². The van der Waals surface area contributed by atoms with Crippen LogP contribution in [0.25, 0.3) is 0 Å². The summed E-state index contributed by atoms with van der Waals surface area (Å²) in [5.74, 6) is 0. The van der Waals surface area contributed by atoms with E-state index in [2.05, 4.69) is 61.1 Å². The summed E-state index contributed by atoms with van der Waals surface area (Å²) in [6, 6.07) is 0. The zero-order valence-corrected chi connectivity index (χ0v) is 11.9. The zero-order valence-electron chi connectivity index (χ0n) is 10.9. The van der Waals surface area contributed by atoms with Gasteiger partial charge in [0, 0.05) is 0 Å². The quantitative estimate of drug-likeness (QED) is 0.589. The van der Waals surface area contributed by atoms with Gasteiger partial charge in [0.1, 0.15) is 0 Å². The van der Waals surface area contributed by atoms with Crippen molar-refractivity contribution in [2.75, 3.05) is 26.2 Å². The van der Waals surface area contributed by atoms with Crippen molar-refractivity contribution in [1.82, 2.24) is 9.13 Å². The van der Waals surface area contributed by atoms with Crippen molar-refractivity contribution in [3.63, 3.8) is 0 Å². The summed E-state index contributed by atoms with van der Waals surface area (Å²) in [4.78, 5) is 0. The van der Waals surface area contributed by atoms with E-state index in [4.69, 9.17) is 0 Å². The first-order valence-electron chi connectivity index (χ1n) is 6.10. The predicted molar refractivity (Wildman–Crippen MR) is 68.0 cm³/mol. The van der Waals surface area contributed by atoms with Gasteiger partial charge < -0.3 is 0 Å². The molecular weight excluding hydrogens is 183 g/mol. The van der Waals surface area contributed by atoms with Crippen LogP contribution in [0.4, 0.5) is 0 Å².